The van der Waals surface area contributed by atoms with Crippen molar-refractivity contribution in [3.8, 4) is 44.5 Å². The fourth-order valence-corrected chi connectivity index (χ4v) is 7.48. The topological polar surface area (TPSA) is 25.8 Å². The summed E-state index contributed by atoms with van der Waals surface area (Å²) in [5.74, 6) is 0. The number of pyridine rings is 2. The molecule has 0 atom stereocenters. The van der Waals surface area contributed by atoms with Crippen molar-refractivity contribution in [2.75, 3.05) is 0 Å². The second-order valence-electron chi connectivity index (χ2n) is 14.0. The summed E-state index contributed by atoms with van der Waals surface area (Å²) in [5.41, 5.74) is 12.4. The molecule has 3 heteroatoms. The van der Waals surface area contributed by atoms with Gasteiger partial charge in [-0.1, -0.05) is 108 Å². The van der Waals surface area contributed by atoms with Crippen molar-refractivity contribution in [1.29, 1.82) is 0 Å². The van der Waals surface area contributed by atoms with Crippen LogP contribution in [0.3, 0.4) is 0 Å². The number of fused-ring (bicyclic) bond motifs is 3. The van der Waals surface area contributed by atoms with E-state index in [1.165, 1.54) is 53.6 Å². The Kier molecular flexibility index (Phi) is 7.17. The Morgan fingerprint density at radius 1 is 0.444 bits per heavy atom. The predicted molar refractivity (Wildman–Crippen MR) is 194 cm³/mol. The number of thiophene rings is 1. The molecule has 45 heavy (non-hydrogen) atoms. The fourth-order valence-electron chi connectivity index (χ4n) is 6.11. The molecule has 0 unspecified atom stereocenters. The van der Waals surface area contributed by atoms with Gasteiger partial charge in [-0.15, -0.1) is 11.3 Å². The van der Waals surface area contributed by atoms with Crippen LogP contribution in [-0.2, 0) is 10.8 Å². The Labute approximate surface area is 270 Å². The van der Waals surface area contributed by atoms with E-state index in [0.717, 1.165) is 22.3 Å². The highest BCUT2D eigenvalue weighted by atomic mass is 32.1. The minimum atomic E-state index is 0.0580. The third kappa shape index (κ3) is 5.58. The Balaban J connectivity index is 1.46. The van der Waals surface area contributed by atoms with E-state index in [1.807, 2.05) is 48.3 Å². The van der Waals surface area contributed by atoms with E-state index in [-0.39, 0.29) is 10.8 Å². The lowest BCUT2D eigenvalue weighted by Gasteiger charge is -2.26. The first-order valence-corrected chi connectivity index (χ1v) is 16.4. The summed E-state index contributed by atoms with van der Waals surface area (Å²) in [5, 5.41) is 2.61. The van der Waals surface area contributed by atoms with E-state index >= 15 is 0 Å². The van der Waals surface area contributed by atoms with Crippen LogP contribution in [0.25, 0.3) is 64.7 Å². The van der Waals surface area contributed by atoms with E-state index in [0.29, 0.717) is 0 Å². The molecule has 0 aliphatic carbocycles. The van der Waals surface area contributed by atoms with Gasteiger partial charge >= 0.3 is 0 Å². The van der Waals surface area contributed by atoms with Crippen LogP contribution in [0.2, 0.25) is 0 Å². The minimum absolute atomic E-state index is 0.0580. The molecule has 0 aliphatic heterocycles. The van der Waals surface area contributed by atoms with Crippen LogP contribution >= 0.6 is 11.3 Å². The molecule has 222 valence electrons. The van der Waals surface area contributed by atoms with Crippen molar-refractivity contribution in [3.63, 3.8) is 0 Å². The molecule has 7 rings (SSSR count). The molecule has 0 amide bonds. The van der Waals surface area contributed by atoms with Crippen LogP contribution < -0.4 is 0 Å². The first kappa shape index (κ1) is 29.1. The first-order chi connectivity index (χ1) is 21.6. The monoisotopic (exact) mass is 602 g/mol. The van der Waals surface area contributed by atoms with Gasteiger partial charge in [0.1, 0.15) is 0 Å². The van der Waals surface area contributed by atoms with E-state index in [1.54, 1.807) is 0 Å². The zero-order valence-corrected chi connectivity index (χ0v) is 27.7. The van der Waals surface area contributed by atoms with Gasteiger partial charge in [-0.2, -0.15) is 0 Å². The van der Waals surface area contributed by atoms with Crippen molar-refractivity contribution >= 4 is 31.5 Å². The summed E-state index contributed by atoms with van der Waals surface area (Å²) in [7, 11) is 0. The standard InChI is InChI=1S/C42H38N2S/c1-41(2,3)33-22-32(23-34(24-33)42(4,5)6)36-14-8-16-38-37-15-7-13-35(39(37)45-40(36)38)31-20-29(27-11-9-17-43-25-27)19-30(21-31)28-12-10-18-44-26-28/h7-26H,1-6H3. The van der Waals surface area contributed by atoms with Gasteiger partial charge in [-0.25, -0.2) is 0 Å². The van der Waals surface area contributed by atoms with Gasteiger partial charge in [0.15, 0.2) is 0 Å². The van der Waals surface area contributed by atoms with Gasteiger partial charge in [0, 0.05) is 56.1 Å². The average molecular weight is 603 g/mol. The maximum Gasteiger partial charge on any atom is 0.0434 e. The molecule has 0 saturated carbocycles. The van der Waals surface area contributed by atoms with Crippen LogP contribution in [0.5, 0.6) is 0 Å². The Hall–Kier alpha value is -4.60. The van der Waals surface area contributed by atoms with Crippen molar-refractivity contribution in [2.45, 2.75) is 52.4 Å². The normalized spacial score (nSPS) is 12.2. The smallest absolute Gasteiger partial charge is 0.0434 e. The SMILES string of the molecule is CC(C)(C)c1cc(-c2cccc3c2sc2c(-c4cc(-c5cccnc5)cc(-c5cccnc5)c4)cccc23)cc(C(C)(C)C)c1. The molecule has 0 radical (unpaired) electrons. The number of hydrogen-bond donors (Lipinski definition) is 0. The second-order valence-corrected chi connectivity index (χ2v) is 15.1. The zero-order chi connectivity index (χ0) is 31.3. The van der Waals surface area contributed by atoms with Crippen LogP contribution in [-0.4, -0.2) is 9.97 Å². The van der Waals surface area contributed by atoms with Gasteiger partial charge in [-0.3, -0.25) is 9.97 Å². The van der Waals surface area contributed by atoms with E-state index in [9.17, 15) is 0 Å². The highest BCUT2D eigenvalue weighted by Crippen LogP contribution is 2.46. The van der Waals surface area contributed by atoms with Crippen LogP contribution in [0, 0.1) is 0 Å². The summed E-state index contributed by atoms with van der Waals surface area (Å²) >= 11 is 1.91. The van der Waals surface area contributed by atoms with Gasteiger partial charge in [0.05, 0.1) is 0 Å². The van der Waals surface area contributed by atoms with Crippen LogP contribution in [0.1, 0.15) is 52.7 Å². The van der Waals surface area contributed by atoms with Gasteiger partial charge in [0.25, 0.3) is 0 Å². The summed E-state index contributed by atoms with van der Waals surface area (Å²) in [6.07, 6.45) is 7.53. The van der Waals surface area contributed by atoms with Gasteiger partial charge < -0.3 is 0 Å². The maximum atomic E-state index is 4.42. The molecule has 4 aromatic carbocycles. The zero-order valence-electron chi connectivity index (χ0n) is 26.8. The molecular formula is C42H38N2S. The highest BCUT2D eigenvalue weighted by molar-refractivity contribution is 7.26. The lowest BCUT2D eigenvalue weighted by Crippen LogP contribution is -2.16. The largest absolute Gasteiger partial charge is 0.264 e. The molecule has 0 N–H and O–H groups in total. The summed E-state index contributed by atoms with van der Waals surface area (Å²) < 4.78 is 2.64. The van der Waals surface area contributed by atoms with Crippen LogP contribution in [0.4, 0.5) is 0 Å². The number of benzene rings is 4. The number of hydrogen-bond acceptors (Lipinski definition) is 3. The Morgan fingerprint density at radius 3 is 1.31 bits per heavy atom. The fraction of sp³-hybridized carbons (Fsp3) is 0.190. The average Bonchev–Trinajstić information content (AvgIpc) is 3.43. The van der Waals surface area contributed by atoms with E-state index < -0.39 is 0 Å². The Bertz CT molecular complexity index is 2070. The third-order valence-electron chi connectivity index (χ3n) is 8.73. The van der Waals surface area contributed by atoms with Gasteiger partial charge in [-0.05, 0) is 85.7 Å². The third-order valence-corrected chi connectivity index (χ3v) is 10.0. The van der Waals surface area contributed by atoms with Crippen LogP contribution in [0.15, 0.2) is 122 Å². The Morgan fingerprint density at radius 2 is 0.889 bits per heavy atom. The first-order valence-electron chi connectivity index (χ1n) is 15.6. The highest BCUT2D eigenvalue weighted by Gasteiger charge is 2.22. The van der Waals surface area contributed by atoms with E-state index in [4.69, 9.17) is 0 Å². The molecule has 0 aliphatic rings. The quantitative estimate of drug-likeness (QED) is 0.200. The molecule has 7 aromatic rings. The number of rotatable bonds is 4. The number of aromatic nitrogens is 2. The number of nitrogens with zero attached hydrogens (tertiary/aromatic N) is 2. The molecule has 0 saturated heterocycles. The predicted octanol–water partition coefficient (Wildman–Crippen LogP) is 12.1. The molecule has 0 spiro atoms. The summed E-state index contributed by atoms with van der Waals surface area (Å²) in [6, 6.07) is 35.9. The molecule has 2 nitrogen and oxygen atoms in total. The molecular weight excluding hydrogens is 565 g/mol. The van der Waals surface area contributed by atoms with Crippen molar-refractivity contribution < 1.29 is 0 Å². The van der Waals surface area contributed by atoms with Gasteiger partial charge in [0.2, 0.25) is 0 Å². The molecule has 3 aromatic heterocycles. The second kappa shape index (κ2) is 11.1. The minimum Gasteiger partial charge on any atom is -0.264 e. The van der Waals surface area contributed by atoms with Crippen molar-refractivity contribution in [1.82, 2.24) is 9.97 Å². The van der Waals surface area contributed by atoms with E-state index in [2.05, 4.69) is 136 Å². The summed E-state index contributed by atoms with van der Waals surface area (Å²) in [4.78, 5) is 8.83. The lowest BCUT2D eigenvalue weighted by molar-refractivity contribution is 0.569. The lowest BCUT2D eigenvalue weighted by atomic mass is 9.79. The maximum absolute atomic E-state index is 4.42. The summed E-state index contributed by atoms with van der Waals surface area (Å²) in [6.45, 7) is 13.9. The van der Waals surface area contributed by atoms with Crippen molar-refractivity contribution in [3.05, 3.63) is 133 Å². The molecule has 3 heterocycles. The van der Waals surface area contributed by atoms with Crippen molar-refractivity contribution in [2.24, 2.45) is 0 Å². The molecule has 0 fully saturated rings. The molecule has 0 bridgehead atoms.